The number of nitrogens with zero attached hydrogens (tertiary/aromatic N) is 1. The summed E-state index contributed by atoms with van der Waals surface area (Å²) in [4.78, 5) is 19.3. The van der Waals surface area contributed by atoms with E-state index in [9.17, 15) is 9.18 Å². The number of imidazole rings is 1. The molecule has 1 unspecified atom stereocenters. The van der Waals surface area contributed by atoms with E-state index in [2.05, 4.69) is 27.1 Å². The van der Waals surface area contributed by atoms with E-state index in [1.165, 1.54) is 18.2 Å². The Labute approximate surface area is 121 Å². The number of rotatable bonds is 3. The van der Waals surface area contributed by atoms with E-state index >= 15 is 0 Å². The molecule has 2 aromatic rings. The van der Waals surface area contributed by atoms with Gasteiger partial charge in [0.2, 0.25) is 0 Å². The van der Waals surface area contributed by atoms with E-state index in [1.807, 2.05) is 0 Å². The Morgan fingerprint density at radius 2 is 2.38 bits per heavy atom. The summed E-state index contributed by atoms with van der Waals surface area (Å²) >= 11 is 0. The summed E-state index contributed by atoms with van der Waals surface area (Å²) < 4.78 is 13.3. The molecule has 6 heteroatoms. The van der Waals surface area contributed by atoms with Crippen molar-refractivity contribution in [3.8, 4) is 11.8 Å². The smallest absolute Gasteiger partial charge is 0.253 e. The van der Waals surface area contributed by atoms with Crippen LogP contribution in [0, 0.1) is 17.7 Å². The summed E-state index contributed by atoms with van der Waals surface area (Å²) in [6.45, 7) is 1.94. The maximum atomic E-state index is 13.3. The third kappa shape index (κ3) is 3.68. The van der Waals surface area contributed by atoms with Crippen molar-refractivity contribution in [1.29, 1.82) is 0 Å². The number of H-pyrrole nitrogens is 1. The van der Waals surface area contributed by atoms with Crippen LogP contribution < -0.4 is 11.1 Å². The molecule has 0 bridgehead atoms. The van der Waals surface area contributed by atoms with Crippen molar-refractivity contribution in [2.24, 2.45) is 5.73 Å². The van der Waals surface area contributed by atoms with Crippen molar-refractivity contribution in [2.45, 2.75) is 13.0 Å². The van der Waals surface area contributed by atoms with Crippen LogP contribution in [0.15, 0.2) is 30.6 Å². The second-order valence-corrected chi connectivity index (χ2v) is 4.37. The van der Waals surface area contributed by atoms with Gasteiger partial charge in [0.05, 0.1) is 18.2 Å². The van der Waals surface area contributed by atoms with Gasteiger partial charge in [-0.2, -0.15) is 0 Å². The van der Waals surface area contributed by atoms with Gasteiger partial charge >= 0.3 is 0 Å². The normalized spacial score (nSPS) is 11.4. The van der Waals surface area contributed by atoms with Gasteiger partial charge in [0.25, 0.3) is 5.91 Å². The number of carbonyl (C=O) groups excluding carboxylic acids is 1. The number of halogens is 1. The average Bonchev–Trinajstić information content (AvgIpc) is 2.99. The standard InChI is InChI=1S/C15H15FN4O/c1-10(14-18-7-8-19-14)20-15(21)13-5-4-12(16)9-11(13)3-2-6-17/h4-5,7-10H,6,17H2,1H3,(H,18,19)(H,20,21). The maximum Gasteiger partial charge on any atom is 0.253 e. The zero-order chi connectivity index (χ0) is 15.2. The third-order valence-corrected chi connectivity index (χ3v) is 2.83. The molecule has 5 nitrogen and oxygen atoms in total. The molecule has 108 valence electrons. The van der Waals surface area contributed by atoms with Crippen molar-refractivity contribution in [2.75, 3.05) is 6.54 Å². The molecule has 0 saturated heterocycles. The Hall–Kier alpha value is -2.65. The summed E-state index contributed by atoms with van der Waals surface area (Å²) in [7, 11) is 0. The lowest BCUT2D eigenvalue weighted by Gasteiger charge is -2.12. The lowest BCUT2D eigenvalue weighted by atomic mass is 10.1. The molecular formula is C15H15FN4O. The van der Waals surface area contributed by atoms with E-state index < -0.39 is 5.82 Å². The van der Waals surface area contributed by atoms with Gasteiger partial charge in [-0.25, -0.2) is 9.37 Å². The van der Waals surface area contributed by atoms with E-state index in [0.29, 0.717) is 17.0 Å². The lowest BCUT2D eigenvalue weighted by Crippen LogP contribution is -2.28. The summed E-state index contributed by atoms with van der Waals surface area (Å²) in [6.07, 6.45) is 3.28. The van der Waals surface area contributed by atoms with Gasteiger partial charge < -0.3 is 16.0 Å². The van der Waals surface area contributed by atoms with Crippen molar-refractivity contribution in [1.82, 2.24) is 15.3 Å². The maximum absolute atomic E-state index is 13.3. The van der Waals surface area contributed by atoms with E-state index in [1.54, 1.807) is 19.3 Å². The molecule has 0 radical (unpaired) electrons. The van der Waals surface area contributed by atoms with E-state index in [0.717, 1.165) is 0 Å². The first kappa shape index (κ1) is 14.8. The second kappa shape index (κ2) is 6.68. The van der Waals surface area contributed by atoms with Gasteiger partial charge in [-0.3, -0.25) is 4.79 Å². The number of nitrogens with two attached hydrogens (primary N) is 1. The molecule has 1 heterocycles. The summed E-state index contributed by atoms with van der Waals surface area (Å²) in [5, 5.41) is 2.78. The highest BCUT2D eigenvalue weighted by Gasteiger charge is 2.15. The van der Waals surface area contributed by atoms with Gasteiger partial charge in [-0.1, -0.05) is 11.8 Å². The van der Waals surface area contributed by atoms with Crippen LogP contribution in [-0.4, -0.2) is 22.4 Å². The molecule has 21 heavy (non-hydrogen) atoms. The number of nitrogens with one attached hydrogen (secondary N) is 2. The third-order valence-electron chi connectivity index (χ3n) is 2.83. The molecular weight excluding hydrogens is 271 g/mol. The number of aromatic nitrogens is 2. The van der Waals surface area contributed by atoms with Crippen molar-refractivity contribution >= 4 is 5.91 Å². The Kier molecular flexibility index (Phi) is 4.69. The van der Waals surface area contributed by atoms with Crippen LogP contribution in [0.5, 0.6) is 0 Å². The molecule has 0 fully saturated rings. The number of amides is 1. The quantitative estimate of drug-likeness (QED) is 0.745. The Morgan fingerprint density at radius 3 is 3.05 bits per heavy atom. The summed E-state index contributed by atoms with van der Waals surface area (Å²) in [6, 6.07) is 3.54. The fourth-order valence-electron chi connectivity index (χ4n) is 1.82. The van der Waals surface area contributed by atoms with Crippen LogP contribution in [0.3, 0.4) is 0 Å². The Bertz CT molecular complexity index is 685. The van der Waals surface area contributed by atoms with Gasteiger partial charge in [0, 0.05) is 18.0 Å². The molecule has 0 aliphatic carbocycles. The predicted octanol–water partition coefficient (Wildman–Crippen LogP) is 1.35. The molecule has 0 aliphatic heterocycles. The Balaban J connectivity index is 2.22. The van der Waals surface area contributed by atoms with Crippen LogP contribution in [0.25, 0.3) is 0 Å². The monoisotopic (exact) mass is 286 g/mol. The molecule has 1 atom stereocenters. The average molecular weight is 286 g/mol. The van der Waals surface area contributed by atoms with Crippen LogP contribution in [0.4, 0.5) is 4.39 Å². The number of hydrogen-bond donors (Lipinski definition) is 3. The van der Waals surface area contributed by atoms with Gasteiger partial charge in [-0.15, -0.1) is 0 Å². The number of carbonyl (C=O) groups is 1. The molecule has 4 N–H and O–H groups in total. The minimum absolute atomic E-state index is 0.139. The molecule has 1 amide bonds. The molecule has 0 aliphatic rings. The largest absolute Gasteiger partial charge is 0.347 e. The first-order valence-electron chi connectivity index (χ1n) is 6.40. The topological polar surface area (TPSA) is 83.8 Å². The van der Waals surface area contributed by atoms with Gasteiger partial charge in [-0.05, 0) is 25.1 Å². The van der Waals surface area contributed by atoms with Gasteiger partial charge in [0.1, 0.15) is 11.6 Å². The highest BCUT2D eigenvalue weighted by Crippen LogP contribution is 2.13. The fraction of sp³-hybridized carbons (Fsp3) is 0.200. The number of hydrogen-bond acceptors (Lipinski definition) is 3. The fourth-order valence-corrected chi connectivity index (χ4v) is 1.82. The summed E-state index contributed by atoms with van der Waals surface area (Å²) in [5.74, 6) is 5.16. The van der Waals surface area contributed by atoms with Crippen molar-refractivity contribution < 1.29 is 9.18 Å². The number of aromatic amines is 1. The summed E-state index contributed by atoms with van der Waals surface area (Å²) in [5.41, 5.74) is 5.92. The Morgan fingerprint density at radius 1 is 1.57 bits per heavy atom. The van der Waals surface area contributed by atoms with Crippen molar-refractivity contribution in [3.05, 3.63) is 53.4 Å². The van der Waals surface area contributed by atoms with Gasteiger partial charge in [0.15, 0.2) is 0 Å². The number of benzene rings is 1. The predicted molar refractivity (Wildman–Crippen MR) is 76.8 cm³/mol. The van der Waals surface area contributed by atoms with Crippen LogP contribution in [0.2, 0.25) is 0 Å². The zero-order valence-corrected chi connectivity index (χ0v) is 11.5. The van der Waals surface area contributed by atoms with Crippen LogP contribution >= 0.6 is 0 Å². The molecule has 2 rings (SSSR count). The van der Waals surface area contributed by atoms with Crippen molar-refractivity contribution in [3.63, 3.8) is 0 Å². The molecule has 1 aromatic carbocycles. The lowest BCUT2D eigenvalue weighted by molar-refractivity contribution is 0.0938. The molecule has 0 saturated carbocycles. The van der Waals surface area contributed by atoms with E-state index in [4.69, 9.17) is 5.73 Å². The second-order valence-electron chi connectivity index (χ2n) is 4.37. The minimum atomic E-state index is -0.452. The van der Waals surface area contributed by atoms with E-state index in [-0.39, 0.29) is 18.5 Å². The first-order valence-corrected chi connectivity index (χ1v) is 6.40. The minimum Gasteiger partial charge on any atom is -0.347 e. The SMILES string of the molecule is CC(NC(=O)c1ccc(F)cc1C#CCN)c1ncc[nH]1. The van der Waals surface area contributed by atoms with Crippen LogP contribution in [0.1, 0.15) is 34.7 Å². The van der Waals surface area contributed by atoms with Crippen LogP contribution in [-0.2, 0) is 0 Å². The first-order chi connectivity index (χ1) is 10.1. The zero-order valence-electron chi connectivity index (χ0n) is 11.5. The highest BCUT2D eigenvalue weighted by atomic mass is 19.1. The molecule has 0 spiro atoms. The highest BCUT2D eigenvalue weighted by molar-refractivity contribution is 5.96. The molecule has 1 aromatic heterocycles.